The number of carbonyl (C=O) groups excluding carboxylic acids is 1. The van der Waals surface area contributed by atoms with Crippen LogP contribution in [0.1, 0.15) is 43.2 Å². The van der Waals surface area contributed by atoms with Crippen LogP contribution >= 0.6 is 24.0 Å². The third-order valence-corrected chi connectivity index (χ3v) is 5.73. The minimum Gasteiger partial charge on any atom is -0.357 e. The number of nitrogens with one attached hydrogen (secondary N) is 1. The molecule has 3 heterocycles. The molecule has 4 rings (SSSR count). The van der Waals surface area contributed by atoms with Crippen LogP contribution in [-0.4, -0.2) is 52.7 Å². The lowest BCUT2D eigenvalue weighted by molar-refractivity contribution is -0.117. The Morgan fingerprint density at radius 1 is 1.33 bits per heavy atom. The minimum absolute atomic E-state index is 0. The summed E-state index contributed by atoms with van der Waals surface area (Å²) in [5.74, 6) is 1.68. The molecule has 2 aliphatic rings. The standard InChI is InChI=1S/C22H30N6O.HI/c1-3-23-22(27-11-9-18(16-27)19-14-25-26(2)15-19)24-13-17-6-4-7-20(12-17)28-10-5-8-21(28)29;/h4,6-7,12,14-15,18H,3,5,8-11,13,16H2,1-2H3,(H,23,24);1H. The number of aryl methyl sites for hydroxylation is 1. The second-order valence-electron chi connectivity index (χ2n) is 7.87. The van der Waals surface area contributed by atoms with Gasteiger partial charge in [-0.2, -0.15) is 5.10 Å². The molecule has 1 amide bonds. The van der Waals surface area contributed by atoms with E-state index in [1.165, 1.54) is 5.56 Å². The summed E-state index contributed by atoms with van der Waals surface area (Å²) in [4.78, 5) is 21.2. The monoisotopic (exact) mass is 522 g/mol. The number of benzene rings is 1. The van der Waals surface area contributed by atoms with Gasteiger partial charge < -0.3 is 15.1 Å². The van der Waals surface area contributed by atoms with Crippen LogP contribution in [0.5, 0.6) is 0 Å². The van der Waals surface area contributed by atoms with E-state index in [0.717, 1.165) is 56.2 Å². The van der Waals surface area contributed by atoms with Crippen molar-refractivity contribution in [3.63, 3.8) is 0 Å². The zero-order chi connectivity index (χ0) is 20.2. The lowest BCUT2D eigenvalue weighted by Gasteiger charge is -2.22. The average molecular weight is 522 g/mol. The van der Waals surface area contributed by atoms with E-state index in [-0.39, 0.29) is 29.9 Å². The van der Waals surface area contributed by atoms with Gasteiger partial charge in [-0.25, -0.2) is 4.99 Å². The van der Waals surface area contributed by atoms with Crippen LogP contribution in [0.15, 0.2) is 41.7 Å². The molecule has 0 aliphatic carbocycles. The molecule has 1 aromatic carbocycles. The molecule has 2 saturated heterocycles. The predicted octanol–water partition coefficient (Wildman–Crippen LogP) is 3.12. The number of aliphatic imine (C=N–C) groups is 1. The van der Waals surface area contributed by atoms with Gasteiger partial charge in [0, 0.05) is 57.4 Å². The molecular weight excluding hydrogens is 491 g/mol. The number of aromatic nitrogens is 2. The van der Waals surface area contributed by atoms with Crippen LogP contribution in [0.3, 0.4) is 0 Å². The molecule has 8 heteroatoms. The van der Waals surface area contributed by atoms with Crippen LogP contribution in [0, 0.1) is 0 Å². The van der Waals surface area contributed by atoms with Crippen LogP contribution in [0.25, 0.3) is 0 Å². The molecule has 2 aromatic rings. The van der Waals surface area contributed by atoms with Crippen LogP contribution in [-0.2, 0) is 18.4 Å². The van der Waals surface area contributed by atoms with Crippen molar-refractivity contribution < 1.29 is 4.79 Å². The van der Waals surface area contributed by atoms with Crippen molar-refractivity contribution in [1.82, 2.24) is 20.0 Å². The zero-order valence-electron chi connectivity index (χ0n) is 17.8. The second kappa shape index (κ2) is 10.3. The maximum absolute atomic E-state index is 12.0. The summed E-state index contributed by atoms with van der Waals surface area (Å²) in [5, 5.41) is 7.75. The first-order valence-electron chi connectivity index (χ1n) is 10.5. The number of anilines is 1. The highest BCUT2D eigenvalue weighted by molar-refractivity contribution is 14.0. The highest BCUT2D eigenvalue weighted by Gasteiger charge is 2.27. The number of halogens is 1. The van der Waals surface area contributed by atoms with E-state index in [1.54, 1.807) is 0 Å². The molecule has 2 aliphatic heterocycles. The first-order chi connectivity index (χ1) is 14.1. The topological polar surface area (TPSA) is 65.8 Å². The molecule has 1 unspecified atom stereocenters. The number of rotatable bonds is 5. The summed E-state index contributed by atoms with van der Waals surface area (Å²) in [6, 6.07) is 8.21. The average Bonchev–Trinajstić information content (AvgIpc) is 3.46. The minimum atomic E-state index is 0. The summed E-state index contributed by atoms with van der Waals surface area (Å²) in [7, 11) is 1.96. The molecule has 0 bridgehead atoms. The van der Waals surface area contributed by atoms with Crippen molar-refractivity contribution in [1.29, 1.82) is 0 Å². The summed E-state index contributed by atoms with van der Waals surface area (Å²) in [6.45, 7) is 6.32. The Balaban J connectivity index is 0.00000256. The van der Waals surface area contributed by atoms with Gasteiger partial charge in [0.1, 0.15) is 0 Å². The van der Waals surface area contributed by atoms with E-state index >= 15 is 0 Å². The molecule has 1 atom stereocenters. The number of hydrogen-bond donors (Lipinski definition) is 1. The van der Waals surface area contributed by atoms with E-state index < -0.39 is 0 Å². The Labute approximate surface area is 195 Å². The number of nitrogens with zero attached hydrogens (tertiary/aromatic N) is 5. The molecule has 1 aromatic heterocycles. The molecule has 162 valence electrons. The van der Waals surface area contributed by atoms with Crippen molar-refractivity contribution in [3.05, 3.63) is 47.8 Å². The predicted molar refractivity (Wildman–Crippen MR) is 130 cm³/mol. The normalized spacial score (nSPS) is 19.3. The quantitative estimate of drug-likeness (QED) is 0.373. The molecular formula is C22H31IN6O. The third-order valence-electron chi connectivity index (χ3n) is 5.73. The van der Waals surface area contributed by atoms with Crippen molar-refractivity contribution in [2.24, 2.45) is 12.0 Å². The van der Waals surface area contributed by atoms with Gasteiger partial charge >= 0.3 is 0 Å². The number of amides is 1. The molecule has 7 nitrogen and oxygen atoms in total. The lowest BCUT2D eigenvalue weighted by Crippen LogP contribution is -2.40. The molecule has 0 spiro atoms. The molecule has 30 heavy (non-hydrogen) atoms. The summed E-state index contributed by atoms with van der Waals surface area (Å²) in [6.07, 6.45) is 6.80. The van der Waals surface area contributed by atoms with Crippen molar-refractivity contribution in [2.75, 3.05) is 31.1 Å². The number of hydrogen-bond acceptors (Lipinski definition) is 3. The Kier molecular flexibility index (Phi) is 7.74. The lowest BCUT2D eigenvalue weighted by atomic mass is 10.0. The van der Waals surface area contributed by atoms with Gasteiger partial charge in [0.15, 0.2) is 5.96 Å². The Hall–Kier alpha value is -2.10. The molecule has 1 N–H and O–H groups in total. The van der Waals surface area contributed by atoms with E-state index in [4.69, 9.17) is 4.99 Å². The Bertz CT molecular complexity index is 895. The zero-order valence-corrected chi connectivity index (χ0v) is 20.1. The van der Waals surface area contributed by atoms with Crippen molar-refractivity contribution >= 4 is 41.5 Å². The third kappa shape index (κ3) is 5.14. The first-order valence-corrected chi connectivity index (χ1v) is 10.5. The van der Waals surface area contributed by atoms with Crippen LogP contribution in [0.4, 0.5) is 5.69 Å². The molecule has 2 fully saturated rings. The fourth-order valence-corrected chi connectivity index (χ4v) is 4.21. The smallest absolute Gasteiger partial charge is 0.227 e. The van der Waals surface area contributed by atoms with Crippen molar-refractivity contribution in [2.45, 2.75) is 38.6 Å². The van der Waals surface area contributed by atoms with Gasteiger partial charge in [0.25, 0.3) is 0 Å². The number of guanidine groups is 1. The second-order valence-corrected chi connectivity index (χ2v) is 7.87. The Morgan fingerprint density at radius 2 is 2.20 bits per heavy atom. The van der Waals surface area contributed by atoms with Crippen LogP contribution < -0.4 is 10.2 Å². The van der Waals surface area contributed by atoms with Gasteiger partial charge in [-0.1, -0.05) is 12.1 Å². The fraction of sp³-hybridized carbons (Fsp3) is 0.500. The Morgan fingerprint density at radius 3 is 2.90 bits per heavy atom. The van der Waals surface area contributed by atoms with Crippen molar-refractivity contribution in [3.8, 4) is 0 Å². The maximum atomic E-state index is 12.0. The largest absolute Gasteiger partial charge is 0.357 e. The maximum Gasteiger partial charge on any atom is 0.227 e. The molecule has 0 radical (unpaired) electrons. The van der Waals surface area contributed by atoms with Gasteiger partial charge in [-0.3, -0.25) is 9.48 Å². The van der Waals surface area contributed by atoms with Gasteiger partial charge in [-0.15, -0.1) is 24.0 Å². The van der Waals surface area contributed by atoms with E-state index in [1.807, 2.05) is 35.0 Å². The van der Waals surface area contributed by atoms with E-state index in [2.05, 4.69) is 40.6 Å². The highest BCUT2D eigenvalue weighted by Crippen LogP contribution is 2.27. The fourth-order valence-electron chi connectivity index (χ4n) is 4.21. The number of likely N-dealkylation sites (tertiary alicyclic amines) is 1. The number of carbonyl (C=O) groups is 1. The van der Waals surface area contributed by atoms with Crippen LogP contribution in [0.2, 0.25) is 0 Å². The SMILES string of the molecule is CCNC(=NCc1cccc(N2CCCC2=O)c1)N1CCC(c2cnn(C)c2)C1.I. The summed E-state index contributed by atoms with van der Waals surface area (Å²) in [5.41, 5.74) is 3.41. The molecule has 0 saturated carbocycles. The van der Waals surface area contributed by atoms with Gasteiger partial charge in [-0.05, 0) is 43.0 Å². The summed E-state index contributed by atoms with van der Waals surface area (Å²) >= 11 is 0. The highest BCUT2D eigenvalue weighted by atomic mass is 127. The summed E-state index contributed by atoms with van der Waals surface area (Å²) < 4.78 is 1.87. The first kappa shape index (κ1) is 22.6. The van der Waals surface area contributed by atoms with Gasteiger partial charge in [0.2, 0.25) is 5.91 Å². The van der Waals surface area contributed by atoms with E-state index in [9.17, 15) is 4.79 Å². The van der Waals surface area contributed by atoms with Gasteiger partial charge in [0.05, 0.1) is 12.7 Å². The van der Waals surface area contributed by atoms with E-state index in [0.29, 0.717) is 18.9 Å².